The van der Waals surface area contributed by atoms with Gasteiger partial charge in [-0.15, -0.1) is 13.2 Å². The van der Waals surface area contributed by atoms with Gasteiger partial charge >= 0.3 is 6.36 Å². The van der Waals surface area contributed by atoms with Gasteiger partial charge in [0.1, 0.15) is 11.5 Å². The van der Waals surface area contributed by atoms with Crippen molar-refractivity contribution in [1.29, 1.82) is 0 Å². The molecule has 1 aromatic carbocycles. The maximum absolute atomic E-state index is 12.2. The summed E-state index contributed by atoms with van der Waals surface area (Å²) in [5, 5.41) is 0. The van der Waals surface area contributed by atoms with Crippen molar-refractivity contribution >= 4 is 0 Å². The minimum absolute atomic E-state index is 0.0144. The number of nitrogens with two attached hydrogens (primary N) is 2. The number of halogens is 3. The van der Waals surface area contributed by atoms with E-state index in [2.05, 4.69) is 4.74 Å². The third-order valence-electron chi connectivity index (χ3n) is 2.10. The Morgan fingerprint density at radius 2 is 2.00 bits per heavy atom. The molecule has 0 spiro atoms. The van der Waals surface area contributed by atoms with Crippen LogP contribution in [-0.2, 0) is 0 Å². The average molecular weight is 250 g/mol. The number of hydrogen-bond acceptors (Lipinski definition) is 4. The van der Waals surface area contributed by atoms with Crippen LogP contribution in [0.3, 0.4) is 0 Å². The minimum atomic E-state index is -4.78. The van der Waals surface area contributed by atoms with E-state index in [4.69, 9.17) is 16.2 Å². The molecule has 96 valence electrons. The van der Waals surface area contributed by atoms with E-state index in [-0.39, 0.29) is 17.9 Å². The smallest absolute Gasteiger partial charge is 0.497 e. The highest BCUT2D eigenvalue weighted by Gasteiger charge is 2.32. The molecule has 0 aromatic heterocycles. The SMILES string of the molecule is COc1ccc(C(N)CN)c(OC(F)(F)F)c1. The van der Waals surface area contributed by atoms with Gasteiger partial charge in [-0.1, -0.05) is 6.07 Å². The standard InChI is InChI=1S/C10H13F3N2O2/c1-16-6-2-3-7(8(15)5-14)9(4-6)17-10(11,12)13/h2-4,8H,5,14-15H2,1H3. The zero-order chi connectivity index (χ0) is 13.1. The van der Waals surface area contributed by atoms with Gasteiger partial charge in [0.2, 0.25) is 0 Å². The van der Waals surface area contributed by atoms with E-state index < -0.39 is 18.2 Å². The summed E-state index contributed by atoms with van der Waals surface area (Å²) >= 11 is 0. The molecule has 0 fully saturated rings. The van der Waals surface area contributed by atoms with Crippen LogP contribution in [0.15, 0.2) is 18.2 Å². The van der Waals surface area contributed by atoms with Gasteiger partial charge in [0.05, 0.1) is 7.11 Å². The largest absolute Gasteiger partial charge is 0.573 e. The molecule has 0 saturated carbocycles. The lowest BCUT2D eigenvalue weighted by Gasteiger charge is -2.17. The Labute approximate surface area is 96.3 Å². The molecule has 1 aromatic rings. The highest BCUT2D eigenvalue weighted by molar-refractivity contribution is 5.42. The molecule has 4 nitrogen and oxygen atoms in total. The quantitative estimate of drug-likeness (QED) is 0.850. The summed E-state index contributed by atoms with van der Waals surface area (Å²) in [5.41, 5.74) is 11.1. The molecule has 0 aliphatic heterocycles. The lowest BCUT2D eigenvalue weighted by molar-refractivity contribution is -0.275. The van der Waals surface area contributed by atoms with E-state index in [0.29, 0.717) is 0 Å². The average Bonchev–Trinajstić information content (AvgIpc) is 2.25. The summed E-state index contributed by atoms with van der Waals surface area (Å²) in [6, 6.07) is 3.29. The van der Waals surface area contributed by atoms with Crippen LogP contribution in [0.2, 0.25) is 0 Å². The van der Waals surface area contributed by atoms with Crippen LogP contribution in [0.5, 0.6) is 11.5 Å². The number of benzene rings is 1. The van der Waals surface area contributed by atoms with Gasteiger partial charge in [0.15, 0.2) is 0 Å². The first kappa shape index (κ1) is 13.6. The van der Waals surface area contributed by atoms with Crippen molar-refractivity contribution in [3.05, 3.63) is 23.8 Å². The normalized spacial score (nSPS) is 13.3. The van der Waals surface area contributed by atoms with Crippen LogP contribution in [0.25, 0.3) is 0 Å². The fourth-order valence-corrected chi connectivity index (χ4v) is 1.29. The van der Waals surface area contributed by atoms with Crippen LogP contribution in [0.1, 0.15) is 11.6 Å². The molecular weight excluding hydrogens is 237 g/mol. The van der Waals surface area contributed by atoms with Crippen LogP contribution >= 0.6 is 0 Å². The van der Waals surface area contributed by atoms with Gasteiger partial charge in [0, 0.05) is 24.2 Å². The number of ether oxygens (including phenoxy) is 2. The third-order valence-corrected chi connectivity index (χ3v) is 2.10. The lowest BCUT2D eigenvalue weighted by Crippen LogP contribution is -2.24. The Balaban J connectivity index is 3.11. The van der Waals surface area contributed by atoms with E-state index in [0.717, 1.165) is 6.07 Å². The fourth-order valence-electron chi connectivity index (χ4n) is 1.29. The van der Waals surface area contributed by atoms with E-state index >= 15 is 0 Å². The van der Waals surface area contributed by atoms with Gasteiger partial charge in [0.25, 0.3) is 0 Å². The fraction of sp³-hybridized carbons (Fsp3) is 0.400. The van der Waals surface area contributed by atoms with Crippen molar-refractivity contribution in [1.82, 2.24) is 0 Å². The Morgan fingerprint density at radius 3 is 2.47 bits per heavy atom. The lowest BCUT2D eigenvalue weighted by atomic mass is 10.1. The predicted molar refractivity (Wildman–Crippen MR) is 55.7 cm³/mol. The number of alkyl halides is 3. The number of rotatable bonds is 4. The minimum Gasteiger partial charge on any atom is -0.497 e. The zero-order valence-electron chi connectivity index (χ0n) is 9.12. The summed E-state index contributed by atoms with van der Waals surface area (Å²) in [5.74, 6) is -0.146. The summed E-state index contributed by atoms with van der Waals surface area (Å²) in [6.07, 6.45) is -4.78. The first-order valence-electron chi connectivity index (χ1n) is 4.76. The second kappa shape index (κ2) is 5.24. The van der Waals surface area contributed by atoms with Gasteiger partial charge in [-0.2, -0.15) is 0 Å². The molecule has 0 amide bonds. The first-order valence-corrected chi connectivity index (χ1v) is 4.76. The van der Waals surface area contributed by atoms with E-state index in [1.165, 1.54) is 19.2 Å². The predicted octanol–water partition coefficient (Wildman–Crippen LogP) is 1.55. The molecule has 0 radical (unpaired) electrons. The first-order chi connectivity index (χ1) is 7.87. The number of hydrogen-bond donors (Lipinski definition) is 2. The summed E-state index contributed by atoms with van der Waals surface area (Å²) in [7, 11) is 1.34. The molecule has 0 heterocycles. The van der Waals surface area contributed by atoms with Gasteiger partial charge < -0.3 is 20.9 Å². The van der Waals surface area contributed by atoms with Gasteiger partial charge in [-0.3, -0.25) is 0 Å². The molecule has 0 bridgehead atoms. The van der Waals surface area contributed by atoms with E-state index in [9.17, 15) is 13.2 Å². The van der Waals surface area contributed by atoms with Crippen LogP contribution in [0, 0.1) is 0 Å². The topological polar surface area (TPSA) is 70.5 Å². The third kappa shape index (κ3) is 3.79. The second-order valence-electron chi connectivity index (χ2n) is 3.29. The molecule has 1 unspecified atom stereocenters. The monoisotopic (exact) mass is 250 g/mol. The molecule has 0 aliphatic carbocycles. The summed E-state index contributed by atoms with van der Waals surface area (Å²) < 4.78 is 45.3. The van der Waals surface area contributed by atoms with Crippen molar-refractivity contribution in [2.45, 2.75) is 12.4 Å². The highest BCUT2D eigenvalue weighted by atomic mass is 19.4. The van der Waals surface area contributed by atoms with Gasteiger partial charge in [-0.05, 0) is 6.07 Å². The van der Waals surface area contributed by atoms with Crippen molar-refractivity contribution in [3.63, 3.8) is 0 Å². The van der Waals surface area contributed by atoms with Crippen molar-refractivity contribution in [2.24, 2.45) is 11.5 Å². The summed E-state index contributed by atoms with van der Waals surface area (Å²) in [4.78, 5) is 0. The van der Waals surface area contributed by atoms with Crippen LogP contribution < -0.4 is 20.9 Å². The van der Waals surface area contributed by atoms with Crippen molar-refractivity contribution < 1.29 is 22.6 Å². The number of methoxy groups -OCH3 is 1. The molecule has 1 rings (SSSR count). The Hall–Kier alpha value is -1.47. The Bertz CT molecular complexity index is 382. The maximum atomic E-state index is 12.2. The Kier molecular flexibility index (Phi) is 4.19. The second-order valence-corrected chi connectivity index (χ2v) is 3.29. The molecular formula is C10H13F3N2O2. The van der Waals surface area contributed by atoms with Crippen molar-refractivity contribution in [2.75, 3.05) is 13.7 Å². The van der Waals surface area contributed by atoms with Crippen molar-refractivity contribution in [3.8, 4) is 11.5 Å². The molecule has 4 N–H and O–H groups in total. The van der Waals surface area contributed by atoms with Gasteiger partial charge in [-0.25, -0.2) is 0 Å². The molecule has 17 heavy (non-hydrogen) atoms. The summed E-state index contributed by atoms with van der Waals surface area (Å²) in [6.45, 7) is 0.0144. The van der Waals surface area contributed by atoms with E-state index in [1.807, 2.05) is 0 Å². The molecule has 0 saturated heterocycles. The molecule has 7 heteroatoms. The maximum Gasteiger partial charge on any atom is 0.573 e. The van der Waals surface area contributed by atoms with E-state index in [1.54, 1.807) is 0 Å². The molecule has 0 aliphatic rings. The molecule has 1 atom stereocenters. The van der Waals surface area contributed by atoms with Crippen LogP contribution in [-0.4, -0.2) is 20.0 Å². The highest BCUT2D eigenvalue weighted by Crippen LogP contribution is 2.32. The Morgan fingerprint density at radius 1 is 1.35 bits per heavy atom. The van der Waals surface area contributed by atoms with Crippen LogP contribution in [0.4, 0.5) is 13.2 Å². The zero-order valence-corrected chi connectivity index (χ0v) is 9.12.